The minimum atomic E-state index is 0. The van der Waals surface area contributed by atoms with Crippen LogP contribution < -0.4 is 10.6 Å². The average molecular weight is 303 g/mol. The molecule has 3 atom stereocenters. The van der Waals surface area contributed by atoms with E-state index in [1.54, 1.807) is 0 Å². The predicted octanol–water partition coefficient (Wildman–Crippen LogP) is 2.74. The van der Waals surface area contributed by atoms with E-state index in [4.69, 9.17) is 4.74 Å². The quantitative estimate of drug-likeness (QED) is 0.819. The number of hydrogen-bond acceptors (Lipinski definition) is 3. The molecule has 4 heteroatoms. The molecule has 3 rings (SSSR count). The minimum absolute atomic E-state index is 0. The van der Waals surface area contributed by atoms with Crippen LogP contribution in [0.1, 0.15) is 51.4 Å². The van der Waals surface area contributed by atoms with Gasteiger partial charge in [0.05, 0.1) is 13.2 Å². The maximum Gasteiger partial charge on any atom is 0.0623 e. The Morgan fingerprint density at radius 3 is 2.65 bits per heavy atom. The van der Waals surface area contributed by atoms with Gasteiger partial charge in [0.1, 0.15) is 0 Å². The Morgan fingerprint density at radius 1 is 1.05 bits per heavy atom. The third kappa shape index (κ3) is 4.33. The van der Waals surface area contributed by atoms with E-state index < -0.39 is 0 Å². The van der Waals surface area contributed by atoms with Crippen molar-refractivity contribution in [3.05, 3.63) is 0 Å². The summed E-state index contributed by atoms with van der Waals surface area (Å²) in [7, 11) is 0. The van der Waals surface area contributed by atoms with E-state index in [1.807, 2.05) is 0 Å². The fourth-order valence-electron chi connectivity index (χ4n) is 4.36. The molecule has 118 valence electrons. The number of halogens is 1. The van der Waals surface area contributed by atoms with Crippen LogP contribution in [0.15, 0.2) is 0 Å². The Kier molecular flexibility index (Phi) is 7.09. The molecule has 0 aromatic heterocycles. The lowest BCUT2D eigenvalue weighted by molar-refractivity contribution is 0.0524. The molecule has 2 aliphatic carbocycles. The van der Waals surface area contributed by atoms with E-state index in [9.17, 15) is 0 Å². The molecule has 3 unspecified atom stereocenters. The molecule has 0 aromatic carbocycles. The van der Waals surface area contributed by atoms with Gasteiger partial charge in [0.2, 0.25) is 0 Å². The van der Waals surface area contributed by atoms with Gasteiger partial charge in [0.15, 0.2) is 0 Å². The van der Waals surface area contributed by atoms with Gasteiger partial charge in [0.25, 0.3) is 0 Å². The highest BCUT2D eigenvalue weighted by Gasteiger charge is 2.34. The van der Waals surface area contributed by atoms with Crippen LogP contribution in [0, 0.1) is 11.8 Å². The van der Waals surface area contributed by atoms with Gasteiger partial charge in [-0.05, 0) is 37.6 Å². The Labute approximate surface area is 130 Å². The second-order valence-electron chi connectivity index (χ2n) is 6.73. The number of morpholine rings is 1. The molecule has 0 radical (unpaired) electrons. The zero-order valence-corrected chi connectivity index (χ0v) is 13.4. The van der Waals surface area contributed by atoms with Crippen LogP contribution in [0.5, 0.6) is 0 Å². The van der Waals surface area contributed by atoms with E-state index in [0.29, 0.717) is 6.04 Å². The molecule has 20 heavy (non-hydrogen) atoms. The van der Waals surface area contributed by atoms with Crippen LogP contribution >= 0.6 is 12.4 Å². The SMILES string of the molecule is C1CCC(CCNC2CCCC2C2COCCN2)C1.Cl. The fourth-order valence-corrected chi connectivity index (χ4v) is 4.36. The molecule has 3 aliphatic rings. The highest BCUT2D eigenvalue weighted by molar-refractivity contribution is 5.85. The first-order valence-electron chi connectivity index (χ1n) is 8.48. The molecule has 1 heterocycles. The van der Waals surface area contributed by atoms with Crippen molar-refractivity contribution in [1.29, 1.82) is 0 Å². The first-order chi connectivity index (χ1) is 9.43. The van der Waals surface area contributed by atoms with E-state index in [1.165, 1.54) is 57.9 Å². The lowest BCUT2D eigenvalue weighted by Gasteiger charge is -2.33. The van der Waals surface area contributed by atoms with Gasteiger partial charge in [-0.15, -0.1) is 12.4 Å². The first-order valence-corrected chi connectivity index (χ1v) is 8.48. The third-order valence-electron chi connectivity index (χ3n) is 5.47. The second kappa shape index (κ2) is 8.57. The molecule has 2 saturated carbocycles. The van der Waals surface area contributed by atoms with Crippen molar-refractivity contribution in [3.63, 3.8) is 0 Å². The Morgan fingerprint density at radius 2 is 1.90 bits per heavy atom. The largest absolute Gasteiger partial charge is 0.379 e. The summed E-state index contributed by atoms with van der Waals surface area (Å²) in [5.41, 5.74) is 0. The van der Waals surface area contributed by atoms with Crippen LogP contribution in [0.25, 0.3) is 0 Å². The fraction of sp³-hybridized carbons (Fsp3) is 1.00. The topological polar surface area (TPSA) is 33.3 Å². The van der Waals surface area contributed by atoms with Crippen molar-refractivity contribution in [1.82, 2.24) is 10.6 Å². The molecule has 2 N–H and O–H groups in total. The molecule has 0 spiro atoms. The van der Waals surface area contributed by atoms with Crippen LogP contribution in [-0.2, 0) is 4.74 Å². The molecule has 0 aromatic rings. The summed E-state index contributed by atoms with van der Waals surface area (Å²) in [6.45, 7) is 4.09. The molecular formula is C16H31ClN2O. The molecule has 0 bridgehead atoms. The van der Waals surface area contributed by atoms with E-state index in [0.717, 1.165) is 37.6 Å². The third-order valence-corrected chi connectivity index (χ3v) is 5.47. The number of ether oxygens (including phenoxy) is 1. The van der Waals surface area contributed by atoms with E-state index >= 15 is 0 Å². The maximum atomic E-state index is 5.64. The van der Waals surface area contributed by atoms with Crippen LogP contribution in [0.3, 0.4) is 0 Å². The molecule has 1 saturated heterocycles. The summed E-state index contributed by atoms with van der Waals surface area (Å²) in [6, 6.07) is 1.33. The monoisotopic (exact) mass is 302 g/mol. The number of rotatable bonds is 5. The first kappa shape index (κ1) is 16.5. The maximum absolute atomic E-state index is 5.64. The van der Waals surface area contributed by atoms with Gasteiger partial charge in [0, 0.05) is 18.6 Å². The Balaban J connectivity index is 0.00000147. The van der Waals surface area contributed by atoms with Crippen LogP contribution in [0.4, 0.5) is 0 Å². The lowest BCUT2D eigenvalue weighted by Crippen LogP contribution is -2.51. The summed E-state index contributed by atoms with van der Waals surface area (Å²) in [6.07, 6.45) is 11.4. The molecule has 3 fully saturated rings. The van der Waals surface area contributed by atoms with Crippen molar-refractivity contribution in [2.24, 2.45) is 11.8 Å². The van der Waals surface area contributed by atoms with Crippen molar-refractivity contribution < 1.29 is 4.74 Å². The lowest BCUT2D eigenvalue weighted by atomic mass is 9.93. The normalized spacial score (nSPS) is 35.1. The van der Waals surface area contributed by atoms with Gasteiger partial charge >= 0.3 is 0 Å². The van der Waals surface area contributed by atoms with Gasteiger partial charge in [-0.2, -0.15) is 0 Å². The smallest absolute Gasteiger partial charge is 0.0623 e. The van der Waals surface area contributed by atoms with Crippen molar-refractivity contribution >= 4 is 12.4 Å². The average Bonchev–Trinajstić information content (AvgIpc) is 3.11. The van der Waals surface area contributed by atoms with Gasteiger partial charge < -0.3 is 15.4 Å². The predicted molar refractivity (Wildman–Crippen MR) is 85.6 cm³/mol. The van der Waals surface area contributed by atoms with Crippen molar-refractivity contribution in [2.45, 2.75) is 63.5 Å². The summed E-state index contributed by atoms with van der Waals surface area (Å²) >= 11 is 0. The number of nitrogens with one attached hydrogen (secondary N) is 2. The summed E-state index contributed by atoms with van der Waals surface area (Å²) in [5, 5.41) is 7.52. The van der Waals surface area contributed by atoms with E-state index in [-0.39, 0.29) is 12.4 Å². The zero-order valence-electron chi connectivity index (χ0n) is 12.6. The zero-order chi connectivity index (χ0) is 12.9. The van der Waals surface area contributed by atoms with Crippen LogP contribution in [-0.4, -0.2) is 38.4 Å². The van der Waals surface area contributed by atoms with E-state index in [2.05, 4.69) is 10.6 Å². The minimum Gasteiger partial charge on any atom is -0.379 e. The van der Waals surface area contributed by atoms with Gasteiger partial charge in [-0.25, -0.2) is 0 Å². The van der Waals surface area contributed by atoms with Crippen molar-refractivity contribution in [2.75, 3.05) is 26.3 Å². The molecular weight excluding hydrogens is 272 g/mol. The summed E-state index contributed by atoms with van der Waals surface area (Å²) in [4.78, 5) is 0. The molecule has 3 nitrogen and oxygen atoms in total. The van der Waals surface area contributed by atoms with Crippen LogP contribution in [0.2, 0.25) is 0 Å². The summed E-state index contributed by atoms with van der Waals surface area (Å²) in [5.74, 6) is 1.81. The Bertz CT molecular complexity index is 265. The Hall–Kier alpha value is 0.170. The molecule has 0 amide bonds. The van der Waals surface area contributed by atoms with Gasteiger partial charge in [-0.1, -0.05) is 32.1 Å². The van der Waals surface area contributed by atoms with Crippen molar-refractivity contribution in [3.8, 4) is 0 Å². The molecule has 1 aliphatic heterocycles. The summed E-state index contributed by atoms with van der Waals surface area (Å²) < 4.78 is 5.64. The highest BCUT2D eigenvalue weighted by Crippen LogP contribution is 2.30. The second-order valence-corrected chi connectivity index (χ2v) is 6.73. The highest BCUT2D eigenvalue weighted by atomic mass is 35.5. The number of hydrogen-bond donors (Lipinski definition) is 2. The standard InChI is InChI=1S/C16H30N2O.ClH/c1-2-5-13(4-1)8-9-17-15-7-3-6-14(15)16-12-19-11-10-18-16;/h13-18H,1-12H2;1H. The van der Waals surface area contributed by atoms with Gasteiger partial charge in [-0.3, -0.25) is 0 Å².